The molecule has 18 heavy (non-hydrogen) atoms. The Labute approximate surface area is 110 Å². The van der Waals surface area contributed by atoms with Crippen molar-refractivity contribution in [3.05, 3.63) is 47.5 Å². The average Bonchev–Trinajstić information content (AvgIpc) is 2.34. The van der Waals surface area contributed by atoms with E-state index in [0.717, 1.165) is 11.3 Å². The van der Waals surface area contributed by atoms with Crippen molar-refractivity contribution < 1.29 is 4.39 Å². The molecule has 0 amide bonds. The molecule has 1 aromatic carbocycles. The molecule has 0 atom stereocenters. The van der Waals surface area contributed by atoms with Crippen LogP contribution in [0.25, 0.3) is 0 Å². The van der Waals surface area contributed by atoms with E-state index in [4.69, 9.17) is 5.73 Å². The van der Waals surface area contributed by atoms with Crippen LogP contribution in [0.2, 0.25) is 0 Å². The highest BCUT2D eigenvalue weighted by molar-refractivity contribution is 7.99. The Morgan fingerprint density at radius 3 is 2.89 bits per heavy atom. The Morgan fingerprint density at radius 2 is 2.17 bits per heavy atom. The molecule has 0 aliphatic rings. The average molecular weight is 263 g/mol. The van der Waals surface area contributed by atoms with Gasteiger partial charge in [-0.25, -0.2) is 14.4 Å². The van der Waals surface area contributed by atoms with Crippen LogP contribution in [-0.4, -0.2) is 16.5 Å². The second-order valence-electron chi connectivity index (χ2n) is 3.85. The summed E-state index contributed by atoms with van der Waals surface area (Å²) in [6, 6.07) is 6.83. The van der Waals surface area contributed by atoms with Crippen LogP contribution < -0.4 is 5.73 Å². The lowest BCUT2D eigenvalue weighted by atomic mass is 10.1. The first-order valence-electron chi connectivity index (χ1n) is 5.65. The van der Waals surface area contributed by atoms with Crippen molar-refractivity contribution in [2.75, 3.05) is 6.54 Å². The van der Waals surface area contributed by atoms with Crippen LogP contribution in [0.4, 0.5) is 4.39 Å². The smallest absolute Gasteiger partial charge is 0.192 e. The quantitative estimate of drug-likeness (QED) is 0.861. The number of aromatic nitrogens is 2. The predicted octanol–water partition coefficient (Wildman–Crippen LogP) is 2.58. The number of rotatable bonds is 4. The molecule has 1 heterocycles. The zero-order valence-electron chi connectivity index (χ0n) is 10.1. The molecular weight excluding hydrogens is 249 g/mol. The van der Waals surface area contributed by atoms with E-state index in [0.29, 0.717) is 23.0 Å². The minimum atomic E-state index is -0.254. The van der Waals surface area contributed by atoms with Crippen molar-refractivity contribution in [3.63, 3.8) is 0 Å². The third-order valence-corrected chi connectivity index (χ3v) is 3.47. The second-order valence-corrected chi connectivity index (χ2v) is 4.83. The van der Waals surface area contributed by atoms with Gasteiger partial charge < -0.3 is 5.73 Å². The van der Waals surface area contributed by atoms with E-state index in [2.05, 4.69) is 9.97 Å². The van der Waals surface area contributed by atoms with Gasteiger partial charge in [0.25, 0.3) is 0 Å². The van der Waals surface area contributed by atoms with Gasteiger partial charge in [0.15, 0.2) is 5.16 Å². The SMILES string of the molecule is Cc1ccnc(Sc2c(F)cccc2CCN)n1. The second kappa shape index (κ2) is 5.93. The number of halogens is 1. The Balaban J connectivity index is 2.33. The number of hydrogen-bond donors (Lipinski definition) is 1. The van der Waals surface area contributed by atoms with Gasteiger partial charge in [0.2, 0.25) is 0 Å². The van der Waals surface area contributed by atoms with Crippen molar-refractivity contribution in [2.24, 2.45) is 5.73 Å². The van der Waals surface area contributed by atoms with E-state index in [-0.39, 0.29) is 5.82 Å². The van der Waals surface area contributed by atoms with Crippen LogP contribution in [0.1, 0.15) is 11.3 Å². The lowest BCUT2D eigenvalue weighted by Gasteiger charge is -2.08. The van der Waals surface area contributed by atoms with Gasteiger partial charge in [-0.05, 0) is 49.3 Å². The highest BCUT2D eigenvalue weighted by Crippen LogP contribution is 2.30. The summed E-state index contributed by atoms with van der Waals surface area (Å²) in [4.78, 5) is 8.96. The molecule has 5 heteroatoms. The summed E-state index contributed by atoms with van der Waals surface area (Å²) in [5.41, 5.74) is 7.29. The van der Waals surface area contributed by atoms with Gasteiger partial charge in [-0.1, -0.05) is 12.1 Å². The molecule has 0 radical (unpaired) electrons. The monoisotopic (exact) mass is 263 g/mol. The lowest BCUT2D eigenvalue weighted by molar-refractivity contribution is 0.596. The van der Waals surface area contributed by atoms with Crippen molar-refractivity contribution in [3.8, 4) is 0 Å². The molecule has 2 N–H and O–H groups in total. The van der Waals surface area contributed by atoms with E-state index in [1.165, 1.54) is 17.8 Å². The van der Waals surface area contributed by atoms with Gasteiger partial charge in [-0.15, -0.1) is 0 Å². The maximum Gasteiger partial charge on any atom is 0.192 e. The normalized spacial score (nSPS) is 10.6. The third kappa shape index (κ3) is 3.05. The predicted molar refractivity (Wildman–Crippen MR) is 70.1 cm³/mol. The summed E-state index contributed by atoms with van der Waals surface area (Å²) in [6.45, 7) is 2.37. The molecule has 94 valence electrons. The summed E-state index contributed by atoms with van der Waals surface area (Å²) in [6.07, 6.45) is 2.32. The van der Waals surface area contributed by atoms with Crippen LogP contribution in [-0.2, 0) is 6.42 Å². The number of nitrogens with zero attached hydrogens (tertiary/aromatic N) is 2. The van der Waals surface area contributed by atoms with Gasteiger partial charge in [-0.3, -0.25) is 0 Å². The van der Waals surface area contributed by atoms with Crippen LogP contribution in [0, 0.1) is 12.7 Å². The molecule has 0 spiro atoms. The van der Waals surface area contributed by atoms with E-state index < -0.39 is 0 Å². The molecule has 2 aromatic rings. The maximum absolute atomic E-state index is 13.8. The fourth-order valence-electron chi connectivity index (χ4n) is 1.59. The van der Waals surface area contributed by atoms with Gasteiger partial charge >= 0.3 is 0 Å². The van der Waals surface area contributed by atoms with Crippen LogP contribution in [0.3, 0.4) is 0 Å². The highest BCUT2D eigenvalue weighted by Gasteiger charge is 2.11. The molecule has 0 unspecified atom stereocenters. The summed E-state index contributed by atoms with van der Waals surface area (Å²) >= 11 is 1.24. The summed E-state index contributed by atoms with van der Waals surface area (Å²) in [5.74, 6) is -0.254. The molecule has 2 rings (SSSR count). The fraction of sp³-hybridized carbons (Fsp3) is 0.231. The maximum atomic E-state index is 13.8. The first kappa shape index (κ1) is 13.0. The van der Waals surface area contributed by atoms with E-state index in [9.17, 15) is 4.39 Å². The fourth-order valence-corrected chi connectivity index (χ4v) is 2.54. The summed E-state index contributed by atoms with van der Waals surface area (Å²) in [7, 11) is 0. The molecule has 0 aliphatic carbocycles. The number of aryl methyl sites for hydroxylation is 1. The molecule has 0 saturated carbocycles. The molecular formula is C13H14FN3S. The van der Waals surface area contributed by atoms with Crippen LogP contribution in [0.5, 0.6) is 0 Å². The largest absolute Gasteiger partial charge is 0.330 e. The van der Waals surface area contributed by atoms with Gasteiger partial charge in [0, 0.05) is 11.9 Å². The van der Waals surface area contributed by atoms with E-state index in [1.807, 2.05) is 19.1 Å². The number of nitrogens with two attached hydrogens (primary N) is 1. The zero-order valence-corrected chi connectivity index (χ0v) is 10.9. The molecule has 0 aliphatic heterocycles. The van der Waals surface area contributed by atoms with Crippen LogP contribution >= 0.6 is 11.8 Å². The number of benzene rings is 1. The lowest BCUT2D eigenvalue weighted by Crippen LogP contribution is -2.04. The topological polar surface area (TPSA) is 51.8 Å². The first-order chi connectivity index (χ1) is 8.70. The van der Waals surface area contributed by atoms with Gasteiger partial charge in [0.05, 0.1) is 4.90 Å². The Morgan fingerprint density at radius 1 is 1.33 bits per heavy atom. The summed E-state index contributed by atoms with van der Waals surface area (Å²) in [5, 5.41) is 0.554. The summed E-state index contributed by atoms with van der Waals surface area (Å²) < 4.78 is 13.8. The zero-order chi connectivity index (χ0) is 13.0. The molecule has 3 nitrogen and oxygen atoms in total. The minimum absolute atomic E-state index is 0.254. The standard InChI is InChI=1S/C13H14FN3S/c1-9-6-8-16-13(17-9)18-12-10(5-7-15)3-2-4-11(12)14/h2-4,6,8H,5,7,15H2,1H3. The van der Waals surface area contributed by atoms with E-state index in [1.54, 1.807) is 12.3 Å². The van der Waals surface area contributed by atoms with Gasteiger partial charge in [-0.2, -0.15) is 0 Å². The van der Waals surface area contributed by atoms with Crippen molar-refractivity contribution in [2.45, 2.75) is 23.4 Å². The third-order valence-electron chi connectivity index (χ3n) is 2.43. The number of hydrogen-bond acceptors (Lipinski definition) is 4. The Hall–Kier alpha value is -1.46. The van der Waals surface area contributed by atoms with Crippen LogP contribution in [0.15, 0.2) is 40.5 Å². The molecule has 0 bridgehead atoms. The molecule has 0 saturated heterocycles. The van der Waals surface area contributed by atoms with E-state index >= 15 is 0 Å². The Kier molecular flexibility index (Phi) is 4.28. The van der Waals surface area contributed by atoms with Crippen molar-refractivity contribution in [1.82, 2.24) is 9.97 Å². The molecule has 0 fully saturated rings. The van der Waals surface area contributed by atoms with Gasteiger partial charge in [0.1, 0.15) is 5.82 Å². The van der Waals surface area contributed by atoms with Crippen molar-refractivity contribution in [1.29, 1.82) is 0 Å². The Bertz CT molecular complexity index is 546. The van der Waals surface area contributed by atoms with Crippen molar-refractivity contribution >= 4 is 11.8 Å². The first-order valence-corrected chi connectivity index (χ1v) is 6.47. The highest BCUT2D eigenvalue weighted by atomic mass is 32.2. The minimum Gasteiger partial charge on any atom is -0.330 e. The molecule has 1 aromatic heterocycles.